The number of carbonyl (C=O) groups excluding carboxylic acids is 2. The first-order valence-corrected chi connectivity index (χ1v) is 9.40. The molecule has 0 aromatic rings. The molecule has 1 fully saturated rings. The zero-order valence-electron chi connectivity index (χ0n) is 16.1. The van der Waals surface area contributed by atoms with Gasteiger partial charge < -0.3 is 4.74 Å². The fourth-order valence-electron chi connectivity index (χ4n) is 4.65. The van der Waals surface area contributed by atoms with Gasteiger partial charge in [0.05, 0.1) is 0 Å². The van der Waals surface area contributed by atoms with Crippen molar-refractivity contribution < 1.29 is 14.3 Å². The zero-order valence-corrected chi connectivity index (χ0v) is 16.1. The fraction of sp³-hybridized carbons (Fsp3) is 0.636. The van der Waals surface area contributed by atoms with Gasteiger partial charge in [0.2, 0.25) is 0 Å². The minimum atomic E-state index is -0.440. The van der Waals surface area contributed by atoms with Crippen LogP contribution in [0.1, 0.15) is 66.2 Å². The third-order valence-electron chi connectivity index (χ3n) is 6.15. The van der Waals surface area contributed by atoms with Crippen molar-refractivity contribution in [3.8, 4) is 0 Å². The van der Waals surface area contributed by atoms with Crippen LogP contribution in [0.15, 0.2) is 35.5 Å². The van der Waals surface area contributed by atoms with Crippen molar-refractivity contribution in [3.63, 3.8) is 0 Å². The molecule has 3 nitrogen and oxygen atoms in total. The smallest absolute Gasteiger partial charge is 0.303 e. The Bertz CT molecular complexity index is 598. The highest BCUT2D eigenvalue weighted by Gasteiger charge is 2.46. The van der Waals surface area contributed by atoms with E-state index in [-0.39, 0.29) is 11.4 Å². The number of ether oxygens (including phenoxy) is 1. The summed E-state index contributed by atoms with van der Waals surface area (Å²) in [7, 11) is 0. The van der Waals surface area contributed by atoms with Crippen LogP contribution in [0.2, 0.25) is 0 Å². The number of hydrogen-bond acceptors (Lipinski definition) is 3. The molecule has 0 aromatic carbocycles. The Balaban J connectivity index is 2.42. The normalized spacial score (nSPS) is 37.5. The Morgan fingerprint density at radius 3 is 2.68 bits per heavy atom. The van der Waals surface area contributed by atoms with Gasteiger partial charge in [-0.1, -0.05) is 36.8 Å². The summed E-state index contributed by atoms with van der Waals surface area (Å²) in [6.07, 6.45) is 10.4. The molecule has 0 unspecified atom stereocenters. The highest BCUT2D eigenvalue weighted by atomic mass is 16.5. The molecule has 1 saturated carbocycles. The second-order valence-corrected chi connectivity index (χ2v) is 8.20. The molecule has 0 radical (unpaired) electrons. The summed E-state index contributed by atoms with van der Waals surface area (Å²) < 4.78 is 5.59. The highest BCUT2D eigenvalue weighted by molar-refractivity contribution is 5.76. The third kappa shape index (κ3) is 4.71. The van der Waals surface area contributed by atoms with Gasteiger partial charge in [-0.05, 0) is 69.6 Å². The van der Waals surface area contributed by atoms with E-state index in [9.17, 15) is 9.59 Å². The van der Waals surface area contributed by atoms with Crippen LogP contribution in [0.25, 0.3) is 0 Å². The minimum absolute atomic E-state index is 0.0347. The lowest BCUT2D eigenvalue weighted by molar-refractivity contribution is -0.146. The molecule has 0 N–H and O–H groups in total. The molecule has 0 amide bonds. The van der Waals surface area contributed by atoms with E-state index in [2.05, 4.69) is 33.4 Å². The van der Waals surface area contributed by atoms with Crippen LogP contribution in [0.5, 0.6) is 0 Å². The lowest BCUT2D eigenvalue weighted by Crippen LogP contribution is -2.33. The fourth-order valence-corrected chi connectivity index (χ4v) is 4.65. The molecule has 3 heteroatoms. The largest absolute Gasteiger partial charge is 0.458 e. The van der Waals surface area contributed by atoms with Gasteiger partial charge in [0, 0.05) is 12.5 Å². The van der Waals surface area contributed by atoms with Crippen LogP contribution in [-0.4, -0.2) is 18.4 Å². The Labute approximate surface area is 152 Å². The van der Waals surface area contributed by atoms with Gasteiger partial charge in [0.25, 0.3) is 0 Å². The number of aldehydes is 1. The van der Waals surface area contributed by atoms with Gasteiger partial charge >= 0.3 is 5.97 Å². The van der Waals surface area contributed by atoms with Crippen molar-refractivity contribution in [2.45, 2.75) is 72.3 Å². The maximum Gasteiger partial charge on any atom is 0.303 e. The predicted molar refractivity (Wildman–Crippen MR) is 101 cm³/mol. The first-order chi connectivity index (χ1) is 11.8. The molecule has 4 atom stereocenters. The van der Waals surface area contributed by atoms with Crippen LogP contribution in [-0.2, 0) is 14.3 Å². The second kappa shape index (κ2) is 8.16. The van der Waals surface area contributed by atoms with Gasteiger partial charge in [-0.15, -0.1) is 0 Å². The van der Waals surface area contributed by atoms with E-state index in [0.717, 1.165) is 38.4 Å². The molecular formula is C22H32O3. The maximum absolute atomic E-state index is 11.7. The van der Waals surface area contributed by atoms with Crippen LogP contribution in [0.4, 0.5) is 0 Å². The number of carbonyl (C=O) groups is 2. The van der Waals surface area contributed by atoms with Gasteiger partial charge in [0.1, 0.15) is 12.4 Å². The molecule has 25 heavy (non-hydrogen) atoms. The molecule has 0 saturated heterocycles. The number of esters is 1. The molecule has 0 bridgehead atoms. The topological polar surface area (TPSA) is 43.4 Å². The summed E-state index contributed by atoms with van der Waals surface area (Å²) in [5.41, 5.74) is 3.25. The van der Waals surface area contributed by atoms with Crippen molar-refractivity contribution in [2.75, 3.05) is 0 Å². The number of fused-ring (bicyclic) bond motifs is 1. The van der Waals surface area contributed by atoms with Crippen molar-refractivity contribution in [1.82, 2.24) is 0 Å². The Morgan fingerprint density at radius 2 is 2.08 bits per heavy atom. The van der Waals surface area contributed by atoms with Crippen LogP contribution < -0.4 is 0 Å². The molecule has 0 spiro atoms. The Hall–Kier alpha value is -1.64. The third-order valence-corrected chi connectivity index (χ3v) is 6.15. The predicted octanol–water partition coefficient (Wildman–Crippen LogP) is 5.17. The van der Waals surface area contributed by atoms with Crippen LogP contribution in [0.3, 0.4) is 0 Å². The highest BCUT2D eigenvalue weighted by Crippen LogP contribution is 2.54. The van der Waals surface area contributed by atoms with E-state index < -0.39 is 6.10 Å². The average molecular weight is 344 g/mol. The molecule has 0 aromatic heterocycles. The summed E-state index contributed by atoms with van der Waals surface area (Å²) >= 11 is 0. The van der Waals surface area contributed by atoms with Crippen LogP contribution >= 0.6 is 0 Å². The summed E-state index contributed by atoms with van der Waals surface area (Å²) in [5, 5.41) is 0. The standard InChI is InChI=1S/C22H32O3/c1-15(2)19-11-12-22(5)13-21(25-17(4)24)18(14-23)8-6-7-16(3)9-10-20(19)22/h8-9,14,19-21H,1,6-7,10-13H2,2-5H3/b16-9+,18-8+/t19-,20-,21-,22+/m0/s1. The number of allylic oxidation sites excluding steroid dienone is 4. The van der Waals surface area contributed by atoms with E-state index in [1.807, 2.05) is 6.08 Å². The quantitative estimate of drug-likeness (QED) is 0.403. The summed E-state index contributed by atoms with van der Waals surface area (Å²) in [4.78, 5) is 23.3. The zero-order chi connectivity index (χ0) is 18.6. The number of rotatable bonds is 3. The molecule has 0 aliphatic heterocycles. The molecule has 0 heterocycles. The van der Waals surface area contributed by atoms with E-state index >= 15 is 0 Å². The van der Waals surface area contributed by atoms with Gasteiger partial charge in [-0.3, -0.25) is 9.59 Å². The van der Waals surface area contributed by atoms with Crippen molar-refractivity contribution in [2.24, 2.45) is 17.3 Å². The molecule has 138 valence electrons. The van der Waals surface area contributed by atoms with E-state index in [1.54, 1.807) is 0 Å². The maximum atomic E-state index is 11.7. The van der Waals surface area contributed by atoms with Crippen LogP contribution in [0, 0.1) is 17.3 Å². The summed E-state index contributed by atoms with van der Waals surface area (Å²) in [6.45, 7) is 12.2. The molecule has 2 aliphatic rings. The Kier molecular flexibility index (Phi) is 6.42. The summed E-state index contributed by atoms with van der Waals surface area (Å²) in [6, 6.07) is 0. The van der Waals surface area contributed by atoms with Crippen molar-refractivity contribution >= 4 is 12.3 Å². The van der Waals surface area contributed by atoms with Gasteiger partial charge in [0.15, 0.2) is 0 Å². The summed E-state index contributed by atoms with van der Waals surface area (Å²) in [5.74, 6) is 0.650. The lowest BCUT2D eigenvalue weighted by atomic mass is 9.70. The number of hydrogen-bond donors (Lipinski definition) is 0. The Morgan fingerprint density at radius 1 is 1.36 bits per heavy atom. The first-order valence-electron chi connectivity index (χ1n) is 9.40. The molecule has 2 aliphatic carbocycles. The molecular weight excluding hydrogens is 312 g/mol. The lowest BCUT2D eigenvalue weighted by Gasteiger charge is -2.36. The van der Waals surface area contributed by atoms with E-state index in [1.165, 1.54) is 18.1 Å². The van der Waals surface area contributed by atoms with Crippen molar-refractivity contribution in [3.05, 3.63) is 35.5 Å². The van der Waals surface area contributed by atoms with Gasteiger partial charge in [-0.25, -0.2) is 0 Å². The first kappa shape index (κ1) is 19.7. The SMILES string of the molecule is C=C(C)[C@@H]1CC[C@]2(C)C[C@H](OC(C)=O)/C(C=O)=C/CC/C(C)=C/C[C@@H]12. The second-order valence-electron chi connectivity index (χ2n) is 8.20. The molecule has 2 rings (SSSR count). The van der Waals surface area contributed by atoms with E-state index in [4.69, 9.17) is 4.74 Å². The van der Waals surface area contributed by atoms with Gasteiger partial charge in [-0.2, -0.15) is 0 Å². The minimum Gasteiger partial charge on any atom is -0.458 e. The average Bonchev–Trinajstić information content (AvgIpc) is 2.84. The monoisotopic (exact) mass is 344 g/mol. The van der Waals surface area contributed by atoms with E-state index in [0.29, 0.717) is 23.8 Å². The van der Waals surface area contributed by atoms with Crippen molar-refractivity contribution in [1.29, 1.82) is 0 Å².